The molecule has 0 heterocycles. The fourth-order valence-corrected chi connectivity index (χ4v) is 5.15. The number of para-hydroxylation sites is 1. The van der Waals surface area contributed by atoms with E-state index in [9.17, 15) is 4.79 Å². The predicted molar refractivity (Wildman–Crippen MR) is 111 cm³/mol. The van der Waals surface area contributed by atoms with Crippen molar-refractivity contribution in [3.63, 3.8) is 0 Å². The molecular weight excluding hydrogens is 348 g/mol. The second-order valence-corrected chi connectivity index (χ2v) is 8.29. The number of rotatable bonds is 5. The van der Waals surface area contributed by atoms with Crippen LogP contribution in [-0.4, -0.2) is 19.1 Å². The van der Waals surface area contributed by atoms with Crippen LogP contribution >= 0.6 is 0 Å². The molecule has 4 heteroatoms. The van der Waals surface area contributed by atoms with Gasteiger partial charge in [-0.05, 0) is 49.1 Å². The zero-order valence-corrected chi connectivity index (χ0v) is 16.5. The van der Waals surface area contributed by atoms with Gasteiger partial charge in [-0.2, -0.15) is 0 Å². The summed E-state index contributed by atoms with van der Waals surface area (Å²) in [5.74, 6) is 1.97. The lowest BCUT2D eigenvalue weighted by Gasteiger charge is -2.43. The lowest BCUT2D eigenvalue weighted by atomic mass is 9.65. The summed E-state index contributed by atoms with van der Waals surface area (Å²) in [6.45, 7) is 0. The Hall–Kier alpha value is -2.33. The van der Waals surface area contributed by atoms with E-state index in [4.69, 9.17) is 10.5 Å². The van der Waals surface area contributed by atoms with Gasteiger partial charge in [-0.3, -0.25) is 4.79 Å². The lowest BCUT2D eigenvalue weighted by Crippen LogP contribution is -2.49. The lowest BCUT2D eigenvalue weighted by molar-refractivity contribution is -0.128. The third kappa shape index (κ3) is 3.79. The van der Waals surface area contributed by atoms with Crippen molar-refractivity contribution in [1.29, 1.82) is 0 Å². The Kier molecular flexibility index (Phi) is 5.67. The Bertz CT molecular complexity index is 793. The van der Waals surface area contributed by atoms with E-state index in [0.29, 0.717) is 11.8 Å². The minimum absolute atomic E-state index is 0.0519. The molecule has 2 saturated carbocycles. The van der Waals surface area contributed by atoms with Crippen molar-refractivity contribution < 1.29 is 9.53 Å². The highest BCUT2D eigenvalue weighted by molar-refractivity contribution is 5.80. The van der Waals surface area contributed by atoms with Gasteiger partial charge < -0.3 is 15.8 Å². The number of methoxy groups -OCH3 is 1. The van der Waals surface area contributed by atoms with Crippen LogP contribution in [0.3, 0.4) is 0 Å². The Morgan fingerprint density at radius 3 is 2.36 bits per heavy atom. The highest BCUT2D eigenvalue weighted by Gasteiger charge is 2.41. The predicted octanol–water partition coefficient (Wildman–Crippen LogP) is 4.05. The van der Waals surface area contributed by atoms with Crippen molar-refractivity contribution in [2.45, 2.75) is 44.2 Å². The number of carbonyl (C=O) groups is 1. The van der Waals surface area contributed by atoms with Crippen LogP contribution < -0.4 is 15.8 Å². The van der Waals surface area contributed by atoms with Gasteiger partial charge in [0.25, 0.3) is 0 Å². The van der Waals surface area contributed by atoms with Gasteiger partial charge in [-0.25, -0.2) is 0 Å². The van der Waals surface area contributed by atoms with Gasteiger partial charge in [0.1, 0.15) is 5.75 Å². The van der Waals surface area contributed by atoms with Gasteiger partial charge in [0.05, 0.1) is 13.2 Å². The van der Waals surface area contributed by atoms with E-state index in [2.05, 4.69) is 17.4 Å². The van der Waals surface area contributed by atoms with Crippen molar-refractivity contribution in [3.05, 3.63) is 65.7 Å². The molecule has 3 unspecified atom stereocenters. The van der Waals surface area contributed by atoms with Gasteiger partial charge >= 0.3 is 0 Å². The van der Waals surface area contributed by atoms with E-state index >= 15 is 0 Å². The van der Waals surface area contributed by atoms with E-state index in [0.717, 1.165) is 42.6 Å². The molecule has 2 aliphatic carbocycles. The Morgan fingerprint density at radius 1 is 1.04 bits per heavy atom. The molecule has 2 fully saturated rings. The van der Waals surface area contributed by atoms with Crippen molar-refractivity contribution in [2.75, 3.05) is 7.11 Å². The fourth-order valence-electron chi connectivity index (χ4n) is 5.15. The molecule has 3 N–H and O–H groups in total. The molecule has 28 heavy (non-hydrogen) atoms. The Balaban J connectivity index is 1.59. The van der Waals surface area contributed by atoms with E-state index < -0.39 is 0 Å². The summed E-state index contributed by atoms with van der Waals surface area (Å²) in [5.41, 5.74) is 8.47. The quantitative estimate of drug-likeness (QED) is 0.825. The molecule has 3 atom stereocenters. The van der Waals surface area contributed by atoms with Gasteiger partial charge in [0.2, 0.25) is 5.91 Å². The molecule has 0 spiro atoms. The fraction of sp³-hybridized carbons (Fsp3) is 0.458. The van der Waals surface area contributed by atoms with Crippen LogP contribution in [0.1, 0.15) is 49.3 Å². The monoisotopic (exact) mass is 378 g/mol. The third-order valence-corrected chi connectivity index (χ3v) is 6.65. The summed E-state index contributed by atoms with van der Waals surface area (Å²) in [5, 5.41) is 3.34. The summed E-state index contributed by atoms with van der Waals surface area (Å²) in [4.78, 5) is 13.3. The van der Waals surface area contributed by atoms with Crippen LogP contribution in [0.2, 0.25) is 0 Å². The molecule has 1 amide bonds. The van der Waals surface area contributed by atoms with Crippen LogP contribution in [0.25, 0.3) is 0 Å². The number of hydrogen-bond donors (Lipinski definition) is 2. The summed E-state index contributed by atoms with van der Waals surface area (Å²) >= 11 is 0. The highest BCUT2D eigenvalue weighted by Crippen LogP contribution is 2.42. The molecule has 0 aliphatic heterocycles. The van der Waals surface area contributed by atoms with Crippen LogP contribution in [0.15, 0.2) is 54.6 Å². The maximum atomic E-state index is 13.3. The van der Waals surface area contributed by atoms with Crippen LogP contribution in [0, 0.1) is 17.8 Å². The van der Waals surface area contributed by atoms with Crippen LogP contribution in [0.4, 0.5) is 0 Å². The van der Waals surface area contributed by atoms with Gasteiger partial charge in [-0.1, -0.05) is 55.0 Å². The number of benzene rings is 2. The summed E-state index contributed by atoms with van der Waals surface area (Å²) in [7, 11) is 1.67. The molecule has 0 aromatic heterocycles. The minimum atomic E-state index is -0.222. The molecule has 0 radical (unpaired) electrons. The topological polar surface area (TPSA) is 64.3 Å². The van der Waals surface area contributed by atoms with Gasteiger partial charge in [-0.15, -0.1) is 0 Å². The Labute approximate surface area is 167 Å². The zero-order valence-electron chi connectivity index (χ0n) is 16.5. The van der Waals surface area contributed by atoms with E-state index in [-0.39, 0.29) is 23.9 Å². The van der Waals surface area contributed by atoms with E-state index in [1.807, 2.05) is 42.5 Å². The molecule has 2 aliphatic rings. The first-order chi connectivity index (χ1) is 13.7. The SMILES string of the molecule is COc1ccccc1C(NC(=O)C1CC2CCCC(C1)C2N)c1ccccc1. The van der Waals surface area contributed by atoms with Crippen LogP contribution in [0.5, 0.6) is 5.75 Å². The van der Waals surface area contributed by atoms with Crippen molar-refractivity contribution in [3.8, 4) is 5.75 Å². The first-order valence-electron chi connectivity index (χ1n) is 10.4. The second-order valence-electron chi connectivity index (χ2n) is 8.29. The van der Waals surface area contributed by atoms with E-state index in [1.54, 1.807) is 7.11 Å². The second kappa shape index (κ2) is 8.36. The number of amides is 1. The number of nitrogens with two attached hydrogens (primary N) is 1. The molecule has 4 nitrogen and oxygen atoms in total. The third-order valence-electron chi connectivity index (χ3n) is 6.65. The summed E-state index contributed by atoms with van der Waals surface area (Å²) in [6.07, 6.45) is 5.41. The summed E-state index contributed by atoms with van der Waals surface area (Å²) < 4.78 is 5.58. The minimum Gasteiger partial charge on any atom is -0.496 e. The molecule has 2 bridgehead atoms. The molecule has 2 aromatic rings. The van der Waals surface area contributed by atoms with Crippen LogP contribution in [-0.2, 0) is 4.79 Å². The van der Waals surface area contributed by atoms with Crippen molar-refractivity contribution in [1.82, 2.24) is 5.32 Å². The first kappa shape index (κ1) is 19.0. The van der Waals surface area contributed by atoms with Crippen molar-refractivity contribution in [2.24, 2.45) is 23.5 Å². The molecular formula is C24H30N2O2. The standard InChI is InChI=1S/C24H30N2O2/c1-28-21-13-6-5-12-20(21)23(16-8-3-2-4-9-16)26-24(27)19-14-17-10-7-11-18(15-19)22(17)25/h2-6,8-9,12-13,17-19,22-23H,7,10-11,14-15,25H2,1H3,(H,26,27). The average Bonchev–Trinajstić information content (AvgIpc) is 2.72. The smallest absolute Gasteiger partial charge is 0.223 e. The number of fused-ring (bicyclic) bond motifs is 2. The molecule has 4 rings (SSSR count). The number of ether oxygens (including phenoxy) is 1. The van der Waals surface area contributed by atoms with Crippen molar-refractivity contribution >= 4 is 5.91 Å². The number of nitrogens with one attached hydrogen (secondary N) is 1. The van der Waals surface area contributed by atoms with E-state index in [1.165, 1.54) is 6.42 Å². The normalized spacial score (nSPS) is 27.6. The maximum absolute atomic E-state index is 13.3. The molecule has 0 saturated heterocycles. The maximum Gasteiger partial charge on any atom is 0.223 e. The van der Waals surface area contributed by atoms with Gasteiger partial charge in [0.15, 0.2) is 0 Å². The Morgan fingerprint density at radius 2 is 1.68 bits per heavy atom. The van der Waals surface area contributed by atoms with Gasteiger partial charge in [0, 0.05) is 17.5 Å². The highest BCUT2D eigenvalue weighted by atomic mass is 16.5. The zero-order chi connectivity index (χ0) is 19.5. The molecule has 2 aromatic carbocycles. The number of carbonyl (C=O) groups excluding carboxylic acids is 1. The first-order valence-corrected chi connectivity index (χ1v) is 10.4. The number of hydrogen-bond acceptors (Lipinski definition) is 3. The largest absolute Gasteiger partial charge is 0.496 e. The average molecular weight is 379 g/mol. The summed E-state index contributed by atoms with van der Waals surface area (Å²) in [6, 6.07) is 18.1. The molecule has 148 valence electrons.